The first-order chi connectivity index (χ1) is 13.7. The largest absolute Gasteiger partial charge is 0.345 e. The van der Waals surface area contributed by atoms with Gasteiger partial charge in [0, 0.05) is 53.3 Å². The Morgan fingerprint density at radius 3 is 2.79 bits per heavy atom. The van der Waals surface area contributed by atoms with Gasteiger partial charge in [0.05, 0.1) is 6.20 Å². The van der Waals surface area contributed by atoms with Crippen molar-refractivity contribution in [2.45, 2.75) is 0 Å². The second kappa shape index (κ2) is 6.27. The third kappa shape index (κ3) is 2.67. The minimum Gasteiger partial charge on any atom is -0.345 e. The smallest absolute Gasteiger partial charge is 0.299 e. The summed E-state index contributed by atoms with van der Waals surface area (Å²) in [5.41, 5.74) is 3.78. The number of pyridine rings is 1. The van der Waals surface area contributed by atoms with E-state index in [0.717, 1.165) is 16.5 Å². The van der Waals surface area contributed by atoms with Crippen molar-refractivity contribution in [2.24, 2.45) is 7.05 Å². The number of carbonyl (C=O) groups excluding carboxylic acids is 1. The molecule has 0 atom stereocenters. The molecule has 136 valence electrons. The SMILES string of the molecule is Cn1cc(-c2cnc3[nH]cc(-c4noc(C(=O)c5ccccc5)n4)c3c2)cn1. The summed E-state index contributed by atoms with van der Waals surface area (Å²) in [6.07, 6.45) is 7.23. The van der Waals surface area contributed by atoms with Gasteiger partial charge in [-0.15, -0.1) is 0 Å². The highest BCUT2D eigenvalue weighted by molar-refractivity contribution is 6.06. The van der Waals surface area contributed by atoms with Gasteiger partial charge in [-0.3, -0.25) is 9.48 Å². The monoisotopic (exact) mass is 370 g/mol. The summed E-state index contributed by atoms with van der Waals surface area (Å²) in [5.74, 6) is -0.0315. The molecule has 5 aromatic rings. The van der Waals surface area contributed by atoms with Gasteiger partial charge in [0.25, 0.3) is 11.7 Å². The number of hydrogen-bond acceptors (Lipinski definition) is 6. The Labute approximate surface area is 158 Å². The first-order valence-electron chi connectivity index (χ1n) is 8.59. The highest BCUT2D eigenvalue weighted by atomic mass is 16.5. The van der Waals surface area contributed by atoms with Crippen molar-refractivity contribution < 1.29 is 9.32 Å². The molecule has 8 heteroatoms. The van der Waals surface area contributed by atoms with Crippen molar-refractivity contribution in [3.8, 4) is 22.5 Å². The highest BCUT2D eigenvalue weighted by Crippen LogP contribution is 2.29. The number of benzene rings is 1. The van der Waals surface area contributed by atoms with E-state index in [0.29, 0.717) is 22.6 Å². The Hall–Kier alpha value is -4.07. The maximum Gasteiger partial charge on any atom is 0.299 e. The molecule has 0 spiro atoms. The number of carbonyl (C=O) groups is 1. The van der Waals surface area contributed by atoms with Crippen LogP contribution in [0, 0.1) is 0 Å². The van der Waals surface area contributed by atoms with Crippen LogP contribution in [0.4, 0.5) is 0 Å². The van der Waals surface area contributed by atoms with E-state index in [1.807, 2.05) is 25.4 Å². The molecule has 1 aromatic carbocycles. The maximum atomic E-state index is 12.5. The van der Waals surface area contributed by atoms with Crippen LogP contribution in [0.5, 0.6) is 0 Å². The fraction of sp³-hybridized carbons (Fsp3) is 0.0500. The van der Waals surface area contributed by atoms with Crippen LogP contribution in [0.2, 0.25) is 0 Å². The third-order valence-electron chi connectivity index (χ3n) is 4.47. The number of H-pyrrole nitrogens is 1. The summed E-state index contributed by atoms with van der Waals surface area (Å²) in [7, 11) is 1.86. The zero-order valence-corrected chi connectivity index (χ0v) is 14.8. The summed E-state index contributed by atoms with van der Waals surface area (Å²) in [5, 5.41) is 9.02. The number of aromatic nitrogens is 6. The molecular formula is C20H14N6O2. The van der Waals surface area contributed by atoms with Crippen molar-refractivity contribution in [3.63, 3.8) is 0 Å². The van der Waals surface area contributed by atoms with Crippen LogP contribution < -0.4 is 0 Å². The molecule has 1 N–H and O–H groups in total. The van der Waals surface area contributed by atoms with E-state index in [9.17, 15) is 4.79 Å². The predicted molar refractivity (Wildman–Crippen MR) is 101 cm³/mol. The molecular weight excluding hydrogens is 356 g/mol. The zero-order valence-electron chi connectivity index (χ0n) is 14.8. The summed E-state index contributed by atoms with van der Waals surface area (Å²) in [6, 6.07) is 10.8. The Morgan fingerprint density at radius 1 is 1.14 bits per heavy atom. The molecule has 0 aliphatic heterocycles. The first-order valence-corrected chi connectivity index (χ1v) is 8.59. The predicted octanol–water partition coefficient (Wildman–Crippen LogP) is 3.24. The standard InChI is InChI=1S/C20H14N6O2/c1-26-11-14(9-23-26)13-7-15-16(10-22-18(15)21-8-13)19-24-20(28-25-19)17(27)12-5-3-2-4-6-12/h2-11H,1H3,(H,21,22). The summed E-state index contributed by atoms with van der Waals surface area (Å²) in [4.78, 5) is 24.4. The van der Waals surface area contributed by atoms with Gasteiger partial charge < -0.3 is 9.51 Å². The van der Waals surface area contributed by atoms with Crippen LogP contribution in [0.25, 0.3) is 33.5 Å². The van der Waals surface area contributed by atoms with Crippen LogP contribution in [-0.4, -0.2) is 35.7 Å². The van der Waals surface area contributed by atoms with Crippen molar-refractivity contribution in [3.05, 3.63) is 72.6 Å². The lowest BCUT2D eigenvalue weighted by atomic mass is 10.1. The lowest BCUT2D eigenvalue weighted by Gasteiger charge is -1.98. The minimum absolute atomic E-state index is 0.0491. The number of hydrogen-bond donors (Lipinski definition) is 1. The molecule has 0 radical (unpaired) electrons. The zero-order chi connectivity index (χ0) is 19.1. The van der Waals surface area contributed by atoms with E-state index in [1.165, 1.54) is 0 Å². The summed E-state index contributed by atoms with van der Waals surface area (Å²) in [6.45, 7) is 0. The number of fused-ring (bicyclic) bond motifs is 1. The Kier molecular flexibility index (Phi) is 3.61. The van der Waals surface area contributed by atoms with Crippen molar-refractivity contribution in [1.29, 1.82) is 0 Å². The molecule has 28 heavy (non-hydrogen) atoms. The molecule has 0 aliphatic carbocycles. The number of aryl methyl sites for hydroxylation is 1. The van der Waals surface area contributed by atoms with Gasteiger partial charge in [0.1, 0.15) is 5.65 Å². The third-order valence-corrected chi connectivity index (χ3v) is 4.47. The highest BCUT2D eigenvalue weighted by Gasteiger charge is 2.20. The molecule has 0 fully saturated rings. The van der Waals surface area contributed by atoms with Gasteiger partial charge >= 0.3 is 0 Å². The Bertz CT molecular complexity index is 1300. The molecule has 0 unspecified atom stereocenters. The van der Waals surface area contributed by atoms with Crippen LogP contribution in [0.15, 0.2) is 65.7 Å². The molecule has 5 rings (SSSR count). The maximum absolute atomic E-state index is 12.5. The normalized spacial score (nSPS) is 11.2. The van der Waals surface area contributed by atoms with Gasteiger partial charge in [0.15, 0.2) is 0 Å². The van der Waals surface area contributed by atoms with Crippen LogP contribution in [0.3, 0.4) is 0 Å². The van der Waals surface area contributed by atoms with Gasteiger partial charge in [-0.05, 0) is 6.07 Å². The van der Waals surface area contributed by atoms with Crippen molar-refractivity contribution in [2.75, 3.05) is 0 Å². The fourth-order valence-corrected chi connectivity index (χ4v) is 3.05. The number of nitrogens with zero attached hydrogens (tertiary/aromatic N) is 5. The lowest BCUT2D eigenvalue weighted by molar-refractivity contribution is 0.0994. The Morgan fingerprint density at radius 2 is 2.00 bits per heavy atom. The quantitative estimate of drug-likeness (QED) is 0.487. The molecule has 0 saturated heterocycles. The molecule has 4 aromatic heterocycles. The topological polar surface area (TPSA) is 102 Å². The van der Waals surface area contributed by atoms with Gasteiger partial charge in [-0.25, -0.2) is 4.98 Å². The Balaban J connectivity index is 1.55. The van der Waals surface area contributed by atoms with Crippen molar-refractivity contribution in [1.82, 2.24) is 29.9 Å². The van der Waals surface area contributed by atoms with E-state index in [4.69, 9.17) is 4.52 Å². The number of aromatic amines is 1. The lowest BCUT2D eigenvalue weighted by Crippen LogP contribution is -2.01. The van der Waals surface area contributed by atoms with Crippen molar-refractivity contribution >= 4 is 16.8 Å². The van der Waals surface area contributed by atoms with E-state index < -0.39 is 0 Å². The number of ketones is 1. The van der Waals surface area contributed by atoms with Crippen LogP contribution in [0.1, 0.15) is 16.2 Å². The molecule has 4 heterocycles. The van der Waals surface area contributed by atoms with E-state index in [2.05, 4.69) is 25.2 Å². The summed E-state index contributed by atoms with van der Waals surface area (Å²) < 4.78 is 6.95. The number of rotatable bonds is 4. The second-order valence-electron chi connectivity index (χ2n) is 6.34. The van der Waals surface area contributed by atoms with Crippen LogP contribution >= 0.6 is 0 Å². The van der Waals surface area contributed by atoms with Crippen LogP contribution in [-0.2, 0) is 7.05 Å². The van der Waals surface area contributed by atoms with Gasteiger partial charge in [0.2, 0.25) is 5.82 Å². The van der Waals surface area contributed by atoms with E-state index in [-0.39, 0.29) is 11.7 Å². The average molecular weight is 370 g/mol. The fourth-order valence-electron chi connectivity index (χ4n) is 3.05. The molecule has 8 nitrogen and oxygen atoms in total. The molecule has 0 amide bonds. The first kappa shape index (κ1) is 16.1. The van der Waals surface area contributed by atoms with Gasteiger partial charge in [-0.1, -0.05) is 35.5 Å². The molecule has 0 saturated carbocycles. The molecule has 0 aliphatic rings. The summed E-state index contributed by atoms with van der Waals surface area (Å²) >= 11 is 0. The molecule has 0 bridgehead atoms. The van der Waals surface area contributed by atoms with Gasteiger partial charge in [-0.2, -0.15) is 10.1 Å². The minimum atomic E-state index is -0.312. The average Bonchev–Trinajstić information content (AvgIpc) is 3.46. The van der Waals surface area contributed by atoms with E-state index >= 15 is 0 Å². The second-order valence-corrected chi connectivity index (χ2v) is 6.34. The van der Waals surface area contributed by atoms with E-state index in [1.54, 1.807) is 47.5 Å². The number of nitrogens with one attached hydrogen (secondary N) is 1.